The summed E-state index contributed by atoms with van der Waals surface area (Å²) < 4.78 is 0. The van der Waals surface area contributed by atoms with Gasteiger partial charge in [-0.05, 0) is 74.9 Å². The van der Waals surface area contributed by atoms with Gasteiger partial charge in [-0.15, -0.1) is 12.4 Å². The Balaban J connectivity index is 0.000000205. The Kier molecular flexibility index (Phi) is 7.72. The van der Waals surface area contributed by atoms with Crippen molar-refractivity contribution >= 4 is 12.4 Å². The van der Waals surface area contributed by atoms with Gasteiger partial charge in [-0.1, -0.05) is 35.9 Å². The highest BCUT2D eigenvalue weighted by molar-refractivity contribution is 5.85. The van der Waals surface area contributed by atoms with Crippen molar-refractivity contribution in [2.75, 3.05) is 20.1 Å². The van der Waals surface area contributed by atoms with E-state index < -0.39 is 5.60 Å². The molecule has 1 saturated heterocycles. The average Bonchev–Trinajstić information content (AvgIpc) is 3.08. The smallest absolute Gasteiger partial charge is 0.115 e. The molecule has 1 aliphatic heterocycles. The van der Waals surface area contributed by atoms with E-state index in [9.17, 15) is 5.11 Å². The third kappa shape index (κ3) is 6.24. The number of phenols is 1. The lowest BCUT2D eigenvalue weighted by Gasteiger charge is -2.36. The van der Waals surface area contributed by atoms with Gasteiger partial charge in [-0.3, -0.25) is 0 Å². The molecule has 1 heterocycles. The van der Waals surface area contributed by atoms with Crippen LogP contribution >= 0.6 is 12.4 Å². The molecule has 0 unspecified atom stereocenters. The molecule has 4 rings (SSSR count). The standard InChI is InChI=1S/C14H21NO.C9H10O.ClH/c1-12-3-5-13(6-4-12)11-14(16)7-9-15(2)10-8-14;10-9-5-4-7-2-1-3-8(7)6-9;/h3-6,16H,7-11H2,1-2H3;4-6,10H,1-3H2;1H. The molecule has 0 bridgehead atoms. The maximum absolute atomic E-state index is 10.5. The van der Waals surface area contributed by atoms with Crippen molar-refractivity contribution in [2.24, 2.45) is 0 Å². The second kappa shape index (κ2) is 9.59. The quantitative estimate of drug-likeness (QED) is 0.804. The lowest BCUT2D eigenvalue weighted by Crippen LogP contribution is -2.44. The zero-order valence-corrected chi connectivity index (χ0v) is 17.3. The van der Waals surface area contributed by atoms with Gasteiger partial charge < -0.3 is 15.1 Å². The summed E-state index contributed by atoms with van der Waals surface area (Å²) in [6.45, 7) is 4.10. The number of aryl methyl sites for hydroxylation is 3. The highest BCUT2D eigenvalue weighted by Gasteiger charge is 2.31. The second-order valence-electron chi connectivity index (χ2n) is 8.00. The molecule has 0 saturated carbocycles. The van der Waals surface area contributed by atoms with E-state index in [1.165, 1.54) is 35.1 Å². The molecule has 0 spiro atoms. The van der Waals surface area contributed by atoms with E-state index in [4.69, 9.17) is 5.11 Å². The molecule has 4 heteroatoms. The number of hydrogen-bond donors (Lipinski definition) is 2. The summed E-state index contributed by atoms with van der Waals surface area (Å²) in [5, 5.41) is 19.6. The lowest BCUT2D eigenvalue weighted by atomic mass is 9.85. The molecule has 1 aliphatic carbocycles. The summed E-state index contributed by atoms with van der Waals surface area (Å²) in [5.74, 6) is 0.403. The Morgan fingerprint density at radius 1 is 0.963 bits per heavy atom. The highest BCUT2D eigenvalue weighted by atomic mass is 35.5. The summed E-state index contributed by atoms with van der Waals surface area (Å²) in [5.41, 5.74) is 4.79. The molecule has 0 aromatic heterocycles. The number of halogens is 1. The minimum Gasteiger partial charge on any atom is -0.508 e. The van der Waals surface area contributed by atoms with Crippen molar-refractivity contribution in [3.63, 3.8) is 0 Å². The van der Waals surface area contributed by atoms with Crippen LogP contribution in [0.15, 0.2) is 42.5 Å². The zero-order valence-electron chi connectivity index (χ0n) is 16.4. The number of aliphatic hydroxyl groups is 1. The van der Waals surface area contributed by atoms with Gasteiger partial charge in [-0.25, -0.2) is 0 Å². The average molecular weight is 390 g/mol. The Morgan fingerprint density at radius 2 is 1.59 bits per heavy atom. The third-order valence-electron chi connectivity index (χ3n) is 5.65. The Hall–Kier alpha value is -1.55. The van der Waals surface area contributed by atoms with Crippen LogP contribution in [0.25, 0.3) is 0 Å². The van der Waals surface area contributed by atoms with E-state index in [-0.39, 0.29) is 12.4 Å². The van der Waals surface area contributed by atoms with Crippen LogP contribution in [0, 0.1) is 6.92 Å². The molecular weight excluding hydrogens is 358 g/mol. The van der Waals surface area contributed by atoms with Crippen LogP contribution in [0.3, 0.4) is 0 Å². The molecule has 2 N–H and O–H groups in total. The predicted octanol–water partition coefficient (Wildman–Crippen LogP) is 4.30. The fourth-order valence-corrected chi connectivity index (χ4v) is 3.86. The normalized spacial score (nSPS) is 18.0. The van der Waals surface area contributed by atoms with Crippen LogP contribution in [0.1, 0.15) is 41.5 Å². The minimum absolute atomic E-state index is 0. The number of aromatic hydroxyl groups is 1. The number of likely N-dealkylation sites (tertiary alicyclic amines) is 1. The van der Waals surface area contributed by atoms with Crippen LogP contribution in [-0.2, 0) is 19.3 Å². The number of benzene rings is 2. The van der Waals surface area contributed by atoms with Gasteiger partial charge in [0.1, 0.15) is 5.75 Å². The monoisotopic (exact) mass is 389 g/mol. The minimum atomic E-state index is -0.484. The Morgan fingerprint density at radius 3 is 2.26 bits per heavy atom. The first kappa shape index (κ1) is 21.7. The van der Waals surface area contributed by atoms with Gasteiger partial charge in [0.25, 0.3) is 0 Å². The molecule has 0 radical (unpaired) electrons. The van der Waals surface area contributed by atoms with Crippen molar-refractivity contribution in [3.8, 4) is 5.75 Å². The second-order valence-corrected chi connectivity index (χ2v) is 8.00. The molecule has 3 nitrogen and oxygen atoms in total. The molecule has 2 aromatic carbocycles. The van der Waals surface area contributed by atoms with Gasteiger partial charge in [-0.2, -0.15) is 0 Å². The van der Waals surface area contributed by atoms with Crippen LogP contribution in [0.4, 0.5) is 0 Å². The maximum Gasteiger partial charge on any atom is 0.115 e. The van der Waals surface area contributed by atoms with Crippen molar-refractivity contribution in [2.45, 2.75) is 51.0 Å². The fraction of sp³-hybridized carbons (Fsp3) is 0.478. The van der Waals surface area contributed by atoms with E-state index >= 15 is 0 Å². The number of phenolic OH excluding ortho intramolecular Hbond substituents is 1. The number of fused-ring (bicyclic) bond motifs is 1. The SMILES string of the molecule is Cc1ccc(CC2(O)CCN(C)CC2)cc1.Cl.Oc1ccc2c(c1)CCC2. The van der Waals surface area contributed by atoms with Crippen molar-refractivity contribution in [1.29, 1.82) is 0 Å². The zero-order chi connectivity index (χ0) is 18.6. The molecular formula is C23H32ClNO2. The third-order valence-corrected chi connectivity index (χ3v) is 5.65. The van der Waals surface area contributed by atoms with Gasteiger partial charge in [0.2, 0.25) is 0 Å². The van der Waals surface area contributed by atoms with Crippen LogP contribution in [0.2, 0.25) is 0 Å². The largest absolute Gasteiger partial charge is 0.508 e. The molecule has 2 aromatic rings. The molecule has 148 valence electrons. The molecule has 2 aliphatic rings. The van der Waals surface area contributed by atoms with E-state index in [0.29, 0.717) is 5.75 Å². The van der Waals surface area contributed by atoms with Crippen LogP contribution in [0.5, 0.6) is 5.75 Å². The molecule has 27 heavy (non-hydrogen) atoms. The van der Waals surface area contributed by atoms with Gasteiger partial charge in [0, 0.05) is 19.5 Å². The number of rotatable bonds is 2. The first-order valence-corrected chi connectivity index (χ1v) is 9.71. The van der Waals surface area contributed by atoms with Crippen molar-refractivity contribution < 1.29 is 10.2 Å². The topological polar surface area (TPSA) is 43.7 Å². The summed E-state index contributed by atoms with van der Waals surface area (Å²) in [4.78, 5) is 2.28. The molecule has 0 atom stereocenters. The van der Waals surface area contributed by atoms with E-state index in [0.717, 1.165) is 38.8 Å². The fourth-order valence-electron chi connectivity index (χ4n) is 3.86. The first-order valence-electron chi connectivity index (χ1n) is 9.71. The Labute approximate surface area is 169 Å². The van der Waals surface area contributed by atoms with Gasteiger partial charge >= 0.3 is 0 Å². The van der Waals surface area contributed by atoms with Crippen LogP contribution in [-0.4, -0.2) is 40.9 Å². The highest BCUT2D eigenvalue weighted by Crippen LogP contribution is 2.26. The summed E-state index contributed by atoms with van der Waals surface area (Å²) >= 11 is 0. The van der Waals surface area contributed by atoms with Crippen molar-refractivity contribution in [1.82, 2.24) is 4.90 Å². The molecule has 1 fully saturated rings. The van der Waals surface area contributed by atoms with Crippen molar-refractivity contribution in [3.05, 3.63) is 64.7 Å². The predicted molar refractivity (Wildman–Crippen MR) is 114 cm³/mol. The lowest BCUT2D eigenvalue weighted by molar-refractivity contribution is -0.0150. The van der Waals surface area contributed by atoms with Gasteiger partial charge in [0.05, 0.1) is 5.60 Å². The Bertz CT molecular complexity index is 722. The first-order chi connectivity index (χ1) is 12.4. The van der Waals surface area contributed by atoms with E-state index in [1.54, 1.807) is 6.07 Å². The molecule has 0 amide bonds. The van der Waals surface area contributed by atoms with Gasteiger partial charge in [0.15, 0.2) is 0 Å². The number of piperidine rings is 1. The number of nitrogens with zero attached hydrogens (tertiary/aromatic N) is 1. The van der Waals surface area contributed by atoms with Crippen LogP contribution < -0.4 is 0 Å². The number of hydrogen-bond acceptors (Lipinski definition) is 3. The van der Waals surface area contributed by atoms with E-state index in [1.807, 2.05) is 12.1 Å². The summed E-state index contributed by atoms with van der Waals surface area (Å²) in [6.07, 6.45) is 6.15. The summed E-state index contributed by atoms with van der Waals surface area (Å²) in [6, 6.07) is 14.2. The summed E-state index contributed by atoms with van der Waals surface area (Å²) in [7, 11) is 2.12. The maximum atomic E-state index is 10.5. The van der Waals surface area contributed by atoms with E-state index in [2.05, 4.69) is 43.1 Å².